The maximum atomic E-state index is 9.93. The lowest BCUT2D eigenvalue weighted by Crippen LogP contribution is -2.02. The van der Waals surface area contributed by atoms with Gasteiger partial charge in [0, 0.05) is 20.3 Å². The average Bonchev–Trinajstić information content (AvgIpc) is 1.97. The van der Waals surface area contributed by atoms with Gasteiger partial charge in [-0.2, -0.15) is 0 Å². The highest BCUT2D eigenvalue weighted by Gasteiger charge is 1.88. The van der Waals surface area contributed by atoms with Crippen LogP contribution in [0, 0.1) is 0 Å². The number of nitrogens with zero attached hydrogens (tertiary/aromatic N) is 1. The molecule has 0 saturated heterocycles. The Labute approximate surface area is 66.9 Å². The average molecular weight is 155 g/mol. The predicted molar refractivity (Wildman–Crippen MR) is 44.0 cm³/mol. The number of hydrogen-bond donors (Lipinski definition) is 0. The van der Waals surface area contributed by atoms with Crippen LogP contribution < -0.4 is 0 Å². The van der Waals surface area contributed by atoms with Crippen molar-refractivity contribution < 1.29 is 9.53 Å². The fraction of sp³-hybridized carbons (Fsp3) is 0.375. The zero-order valence-electron chi connectivity index (χ0n) is 7.07. The van der Waals surface area contributed by atoms with Crippen LogP contribution in [-0.4, -0.2) is 32.4 Å². The molecule has 0 aromatic heterocycles. The highest BCUT2D eigenvalue weighted by Crippen LogP contribution is 1.97. The number of carbonyl (C=O) groups is 1. The molecule has 62 valence electrons. The predicted octanol–water partition coefficient (Wildman–Crippen LogP) is 0.791. The van der Waals surface area contributed by atoms with Crippen LogP contribution in [0.2, 0.25) is 0 Å². The molecule has 0 spiro atoms. The van der Waals surface area contributed by atoms with Crippen LogP contribution in [0.4, 0.5) is 0 Å². The monoisotopic (exact) mass is 155 g/mol. The minimum atomic E-state index is 0.655. The van der Waals surface area contributed by atoms with Gasteiger partial charge in [0.15, 0.2) is 0 Å². The molecule has 0 heterocycles. The molecule has 3 nitrogen and oxygen atoms in total. The molecule has 0 bridgehead atoms. The summed E-state index contributed by atoms with van der Waals surface area (Å²) in [6.07, 6.45) is 5.48. The fourth-order valence-corrected chi connectivity index (χ4v) is 0.552. The minimum Gasteiger partial charge on any atom is -0.495 e. The zero-order valence-corrected chi connectivity index (χ0v) is 7.07. The molecule has 0 amide bonds. The van der Waals surface area contributed by atoms with E-state index in [9.17, 15) is 4.79 Å². The number of aldehydes is 1. The summed E-state index contributed by atoms with van der Waals surface area (Å²) in [7, 11) is 5.33. The second kappa shape index (κ2) is 5.53. The van der Waals surface area contributed by atoms with Gasteiger partial charge in [0.25, 0.3) is 0 Å². The maximum Gasteiger partial charge on any atom is 0.142 e. The maximum absolute atomic E-state index is 9.93. The van der Waals surface area contributed by atoms with E-state index in [-0.39, 0.29) is 0 Å². The molecule has 11 heavy (non-hydrogen) atoms. The van der Waals surface area contributed by atoms with Gasteiger partial charge >= 0.3 is 0 Å². The molecule has 0 N–H and O–H groups in total. The van der Waals surface area contributed by atoms with Crippen LogP contribution in [-0.2, 0) is 9.53 Å². The third kappa shape index (κ3) is 5.21. The molecule has 0 atom stereocenters. The quantitative estimate of drug-likeness (QED) is 0.260. The molecule has 0 radical (unpaired) electrons. The van der Waals surface area contributed by atoms with Crippen LogP contribution in [0.1, 0.15) is 0 Å². The van der Waals surface area contributed by atoms with Crippen LogP contribution in [0.5, 0.6) is 0 Å². The van der Waals surface area contributed by atoms with Gasteiger partial charge < -0.3 is 9.64 Å². The topological polar surface area (TPSA) is 29.5 Å². The molecule has 0 aromatic carbocycles. The Morgan fingerprint density at radius 1 is 1.45 bits per heavy atom. The molecule has 3 heteroatoms. The minimum absolute atomic E-state index is 0.655. The third-order valence-corrected chi connectivity index (χ3v) is 0.960. The Balaban J connectivity index is 4.15. The van der Waals surface area contributed by atoms with Crippen LogP contribution in [0.25, 0.3) is 0 Å². The van der Waals surface area contributed by atoms with Gasteiger partial charge in [-0.15, -0.1) is 0 Å². The first-order chi connectivity index (χ1) is 5.20. The lowest BCUT2D eigenvalue weighted by atomic mass is 10.4. The van der Waals surface area contributed by atoms with Crippen molar-refractivity contribution in [3.05, 3.63) is 24.1 Å². The van der Waals surface area contributed by atoms with E-state index in [0.29, 0.717) is 12.0 Å². The van der Waals surface area contributed by atoms with Gasteiger partial charge in [-0.3, -0.25) is 4.79 Å². The molecule has 0 unspecified atom stereocenters. The molecule has 0 aliphatic rings. The van der Waals surface area contributed by atoms with Gasteiger partial charge in [0.2, 0.25) is 0 Å². The lowest BCUT2D eigenvalue weighted by Gasteiger charge is -2.06. The number of hydrogen-bond acceptors (Lipinski definition) is 3. The van der Waals surface area contributed by atoms with Crippen molar-refractivity contribution in [2.45, 2.75) is 0 Å². The molecular formula is C8H13NO2. The third-order valence-electron chi connectivity index (χ3n) is 0.960. The number of methoxy groups -OCH3 is 1. The van der Waals surface area contributed by atoms with Gasteiger partial charge in [-0.25, -0.2) is 0 Å². The second-order valence-electron chi connectivity index (χ2n) is 2.19. The Hall–Kier alpha value is -1.25. The summed E-state index contributed by atoms with van der Waals surface area (Å²) in [5, 5.41) is 0. The van der Waals surface area contributed by atoms with Crippen molar-refractivity contribution >= 4 is 6.29 Å². The highest BCUT2D eigenvalue weighted by molar-refractivity contribution is 5.65. The van der Waals surface area contributed by atoms with E-state index >= 15 is 0 Å². The largest absolute Gasteiger partial charge is 0.495 e. The molecule has 0 fully saturated rings. The molecular weight excluding hydrogens is 142 g/mol. The molecule has 0 aromatic rings. The Kier molecular flexibility index (Phi) is 4.90. The SMILES string of the molecule is COC(/C=C/C=O)=C/N(C)C. The van der Waals surface area contributed by atoms with Crippen LogP contribution in [0.15, 0.2) is 24.1 Å². The van der Waals surface area contributed by atoms with Crippen molar-refractivity contribution in [2.24, 2.45) is 0 Å². The second-order valence-corrected chi connectivity index (χ2v) is 2.19. The standard InChI is InChI=1S/C8H13NO2/c1-9(2)7-8(11-3)5-4-6-10/h4-7H,1-3H3/b5-4+,8-7+. The Morgan fingerprint density at radius 3 is 2.45 bits per heavy atom. The summed E-state index contributed by atoms with van der Waals surface area (Å²) in [4.78, 5) is 11.8. The first-order valence-corrected chi connectivity index (χ1v) is 3.24. The molecule has 0 saturated carbocycles. The van der Waals surface area contributed by atoms with E-state index < -0.39 is 0 Å². The first kappa shape index (κ1) is 9.75. The van der Waals surface area contributed by atoms with E-state index in [1.54, 1.807) is 19.4 Å². The van der Waals surface area contributed by atoms with E-state index in [1.807, 2.05) is 19.0 Å². The van der Waals surface area contributed by atoms with Gasteiger partial charge in [0.05, 0.1) is 7.11 Å². The Morgan fingerprint density at radius 2 is 2.09 bits per heavy atom. The van der Waals surface area contributed by atoms with E-state index in [0.717, 1.165) is 0 Å². The zero-order chi connectivity index (χ0) is 8.69. The summed E-state index contributed by atoms with van der Waals surface area (Å²) in [6, 6.07) is 0. The summed E-state index contributed by atoms with van der Waals surface area (Å²) in [5.41, 5.74) is 0. The first-order valence-electron chi connectivity index (χ1n) is 3.24. The summed E-state index contributed by atoms with van der Waals surface area (Å²) >= 11 is 0. The fourth-order valence-electron chi connectivity index (χ4n) is 0.552. The molecule has 0 aliphatic carbocycles. The van der Waals surface area contributed by atoms with E-state index in [1.165, 1.54) is 6.08 Å². The van der Waals surface area contributed by atoms with E-state index in [2.05, 4.69) is 0 Å². The highest BCUT2D eigenvalue weighted by atomic mass is 16.5. The van der Waals surface area contributed by atoms with Gasteiger partial charge in [-0.05, 0) is 12.2 Å². The summed E-state index contributed by atoms with van der Waals surface area (Å²) in [5.74, 6) is 0.655. The van der Waals surface area contributed by atoms with Crippen molar-refractivity contribution in [3.63, 3.8) is 0 Å². The number of allylic oxidation sites excluding steroid dienone is 2. The number of ether oxygens (including phenoxy) is 1. The van der Waals surface area contributed by atoms with Crippen LogP contribution in [0.3, 0.4) is 0 Å². The normalized spacial score (nSPS) is 11.7. The number of carbonyl (C=O) groups excluding carboxylic acids is 1. The van der Waals surface area contributed by atoms with Crippen molar-refractivity contribution in [1.82, 2.24) is 4.90 Å². The molecule has 0 aliphatic heterocycles. The lowest BCUT2D eigenvalue weighted by molar-refractivity contribution is -0.104. The van der Waals surface area contributed by atoms with E-state index in [4.69, 9.17) is 4.74 Å². The smallest absolute Gasteiger partial charge is 0.142 e. The van der Waals surface area contributed by atoms with Crippen molar-refractivity contribution in [3.8, 4) is 0 Å². The van der Waals surface area contributed by atoms with Crippen molar-refractivity contribution in [2.75, 3.05) is 21.2 Å². The number of rotatable bonds is 4. The summed E-state index contributed by atoms with van der Waals surface area (Å²) in [6.45, 7) is 0. The van der Waals surface area contributed by atoms with Gasteiger partial charge in [0.1, 0.15) is 12.0 Å². The van der Waals surface area contributed by atoms with Crippen LogP contribution >= 0.6 is 0 Å². The summed E-state index contributed by atoms with van der Waals surface area (Å²) < 4.78 is 4.94. The Bertz CT molecular complexity index is 171. The van der Waals surface area contributed by atoms with Gasteiger partial charge in [-0.1, -0.05) is 0 Å². The van der Waals surface area contributed by atoms with Crippen molar-refractivity contribution in [1.29, 1.82) is 0 Å². The molecule has 0 rings (SSSR count).